The van der Waals surface area contributed by atoms with Crippen molar-refractivity contribution in [3.63, 3.8) is 0 Å². The molecule has 2 heterocycles. The second-order valence-electron chi connectivity index (χ2n) is 6.99. The Kier molecular flexibility index (Phi) is 3.99. The molecule has 2 bridgehead atoms. The number of fused-ring (bicyclic) bond motifs is 2. The van der Waals surface area contributed by atoms with Crippen LogP contribution in [0.25, 0.3) is 0 Å². The Morgan fingerprint density at radius 3 is 1.83 bits per heavy atom. The van der Waals surface area contributed by atoms with Crippen LogP contribution < -0.4 is 9.80 Å². The van der Waals surface area contributed by atoms with E-state index in [0.29, 0.717) is 0 Å². The van der Waals surface area contributed by atoms with Crippen molar-refractivity contribution in [2.24, 2.45) is 0 Å². The molecular weight excluding hydrogens is 280 g/mol. The van der Waals surface area contributed by atoms with Gasteiger partial charge in [0, 0.05) is 36.2 Å². The lowest BCUT2D eigenvalue weighted by Crippen LogP contribution is -2.49. The molecule has 2 aliphatic heterocycles. The lowest BCUT2D eigenvalue weighted by atomic mass is 9.84. The van der Waals surface area contributed by atoms with E-state index in [-0.39, 0.29) is 0 Å². The van der Waals surface area contributed by atoms with E-state index in [1.807, 2.05) is 0 Å². The highest BCUT2D eigenvalue weighted by molar-refractivity contribution is 5.65. The van der Waals surface area contributed by atoms with Crippen LogP contribution >= 0.6 is 0 Å². The normalized spacial score (nSPS) is 23.6. The van der Waals surface area contributed by atoms with E-state index in [2.05, 4.69) is 71.4 Å². The number of hydrogen-bond donors (Lipinski definition) is 0. The first-order valence-electron chi connectivity index (χ1n) is 9.00. The van der Waals surface area contributed by atoms with Gasteiger partial charge in [-0.05, 0) is 74.9 Å². The van der Waals surface area contributed by atoms with Gasteiger partial charge in [-0.25, -0.2) is 0 Å². The third-order valence-corrected chi connectivity index (χ3v) is 5.61. The summed E-state index contributed by atoms with van der Waals surface area (Å²) in [7, 11) is 2.14. The zero-order valence-corrected chi connectivity index (χ0v) is 14.0. The molecule has 2 heteroatoms. The van der Waals surface area contributed by atoms with Crippen molar-refractivity contribution in [3.05, 3.63) is 54.6 Å². The summed E-state index contributed by atoms with van der Waals surface area (Å²) in [5, 5.41) is 0. The lowest BCUT2D eigenvalue weighted by molar-refractivity contribution is 0.296. The van der Waals surface area contributed by atoms with Crippen molar-refractivity contribution in [2.45, 2.75) is 50.6 Å². The molecule has 23 heavy (non-hydrogen) atoms. The van der Waals surface area contributed by atoms with Gasteiger partial charge in [0.15, 0.2) is 0 Å². The van der Waals surface area contributed by atoms with Crippen LogP contribution in [0.2, 0.25) is 0 Å². The summed E-state index contributed by atoms with van der Waals surface area (Å²) in [6.45, 7) is 0. The molecule has 0 unspecified atom stereocenters. The fourth-order valence-corrected chi connectivity index (χ4v) is 4.39. The Bertz CT molecular complexity index is 613. The summed E-state index contributed by atoms with van der Waals surface area (Å²) in [6, 6.07) is 21.3. The fourth-order valence-electron chi connectivity index (χ4n) is 4.39. The molecule has 0 radical (unpaired) electrons. The van der Waals surface area contributed by atoms with E-state index in [9.17, 15) is 0 Å². The largest absolute Gasteiger partial charge is 0.366 e. The number of anilines is 3. The predicted octanol–water partition coefficient (Wildman–Crippen LogP) is 5.37. The molecule has 4 rings (SSSR count). The van der Waals surface area contributed by atoms with Gasteiger partial charge in [0.25, 0.3) is 0 Å². The van der Waals surface area contributed by atoms with E-state index < -0.39 is 0 Å². The van der Waals surface area contributed by atoms with Gasteiger partial charge in [-0.3, -0.25) is 0 Å². The standard InChI is InChI=1S/C21H26N2/c1-22(17-7-3-2-4-8-17)18-13-15-21(16-14-18)23-19-9-5-10-20(23)12-6-11-19/h2-4,7-8,13-16,19-20H,5-6,9-12H2,1H3. The monoisotopic (exact) mass is 306 g/mol. The zero-order chi connectivity index (χ0) is 15.6. The first-order valence-corrected chi connectivity index (χ1v) is 9.00. The fraction of sp³-hybridized carbons (Fsp3) is 0.429. The van der Waals surface area contributed by atoms with Crippen molar-refractivity contribution >= 4 is 17.1 Å². The summed E-state index contributed by atoms with van der Waals surface area (Å²) in [6.07, 6.45) is 8.34. The number of hydrogen-bond acceptors (Lipinski definition) is 2. The van der Waals surface area contributed by atoms with Crippen LogP contribution in [0.15, 0.2) is 54.6 Å². The summed E-state index contributed by atoms with van der Waals surface area (Å²) in [5.41, 5.74) is 3.90. The van der Waals surface area contributed by atoms with Crippen LogP contribution in [0.1, 0.15) is 38.5 Å². The number of rotatable bonds is 3. The van der Waals surface area contributed by atoms with Crippen molar-refractivity contribution in [2.75, 3.05) is 16.8 Å². The molecule has 0 spiro atoms. The maximum absolute atomic E-state index is 2.72. The van der Waals surface area contributed by atoms with E-state index in [4.69, 9.17) is 0 Å². The first kappa shape index (κ1) is 14.6. The van der Waals surface area contributed by atoms with Crippen molar-refractivity contribution in [1.29, 1.82) is 0 Å². The molecule has 2 nitrogen and oxygen atoms in total. The Hall–Kier alpha value is -1.96. The molecule has 0 saturated carbocycles. The molecule has 2 fully saturated rings. The number of nitrogens with zero attached hydrogens (tertiary/aromatic N) is 2. The van der Waals surface area contributed by atoms with Crippen molar-refractivity contribution in [3.8, 4) is 0 Å². The average molecular weight is 306 g/mol. The van der Waals surface area contributed by atoms with Crippen LogP contribution in [0.4, 0.5) is 17.1 Å². The van der Waals surface area contributed by atoms with Gasteiger partial charge in [-0.1, -0.05) is 18.2 Å². The topological polar surface area (TPSA) is 6.48 Å². The van der Waals surface area contributed by atoms with Crippen LogP contribution in [0.3, 0.4) is 0 Å². The molecule has 2 aromatic rings. The van der Waals surface area contributed by atoms with Crippen LogP contribution in [-0.4, -0.2) is 19.1 Å². The molecule has 2 aromatic carbocycles. The van der Waals surface area contributed by atoms with E-state index in [0.717, 1.165) is 12.1 Å². The molecule has 0 aliphatic carbocycles. The minimum absolute atomic E-state index is 0.778. The van der Waals surface area contributed by atoms with Crippen LogP contribution in [0.5, 0.6) is 0 Å². The minimum Gasteiger partial charge on any atom is -0.366 e. The summed E-state index contributed by atoms with van der Waals surface area (Å²) < 4.78 is 0. The first-order chi connectivity index (χ1) is 11.3. The molecule has 0 aromatic heterocycles. The third-order valence-electron chi connectivity index (χ3n) is 5.61. The maximum atomic E-state index is 2.72. The molecule has 2 saturated heterocycles. The maximum Gasteiger partial charge on any atom is 0.0409 e. The second kappa shape index (κ2) is 6.27. The highest BCUT2D eigenvalue weighted by atomic mass is 15.2. The minimum atomic E-state index is 0.778. The van der Waals surface area contributed by atoms with Gasteiger partial charge >= 0.3 is 0 Å². The second-order valence-corrected chi connectivity index (χ2v) is 6.99. The third kappa shape index (κ3) is 2.83. The molecule has 120 valence electrons. The van der Waals surface area contributed by atoms with Crippen molar-refractivity contribution < 1.29 is 0 Å². The summed E-state index contributed by atoms with van der Waals surface area (Å²) in [5.74, 6) is 0. The molecule has 2 aliphatic rings. The number of benzene rings is 2. The summed E-state index contributed by atoms with van der Waals surface area (Å²) in [4.78, 5) is 4.97. The molecule has 0 N–H and O–H groups in total. The average Bonchev–Trinajstić information content (AvgIpc) is 2.61. The lowest BCUT2D eigenvalue weighted by Gasteiger charge is -2.48. The van der Waals surface area contributed by atoms with Gasteiger partial charge in [0.1, 0.15) is 0 Å². The van der Waals surface area contributed by atoms with Gasteiger partial charge in [0.05, 0.1) is 0 Å². The van der Waals surface area contributed by atoms with Gasteiger partial charge < -0.3 is 9.80 Å². The van der Waals surface area contributed by atoms with E-state index >= 15 is 0 Å². The molecule has 0 atom stereocenters. The highest BCUT2D eigenvalue weighted by Crippen LogP contribution is 2.38. The highest BCUT2D eigenvalue weighted by Gasteiger charge is 2.33. The zero-order valence-electron chi connectivity index (χ0n) is 14.0. The predicted molar refractivity (Wildman–Crippen MR) is 98.7 cm³/mol. The van der Waals surface area contributed by atoms with Crippen molar-refractivity contribution in [1.82, 2.24) is 0 Å². The Morgan fingerprint density at radius 1 is 0.739 bits per heavy atom. The quantitative estimate of drug-likeness (QED) is 0.752. The Labute approximate surface area is 139 Å². The number of piperidine rings is 2. The van der Waals surface area contributed by atoms with Gasteiger partial charge in [-0.15, -0.1) is 0 Å². The smallest absolute Gasteiger partial charge is 0.0409 e. The molecule has 0 amide bonds. The van der Waals surface area contributed by atoms with Crippen LogP contribution in [-0.2, 0) is 0 Å². The number of para-hydroxylation sites is 1. The Balaban J connectivity index is 1.56. The summed E-state index contributed by atoms with van der Waals surface area (Å²) >= 11 is 0. The molecular formula is C21H26N2. The van der Waals surface area contributed by atoms with Gasteiger partial charge in [0.2, 0.25) is 0 Å². The van der Waals surface area contributed by atoms with E-state index in [1.54, 1.807) is 0 Å². The van der Waals surface area contributed by atoms with Gasteiger partial charge in [-0.2, -0.15) is 0 Å². The Morgan fingerprint density at radius 2 is 1.26 bits per heavy atom. The van der Waals surface area contributed by atoms with Crippen LogP contribution in [0, 0.1) is 0 Å². The van der Waals surface area contributed by atoms with E-state index in [1.165, 1.54) is 55.6 Å². The SMILES string of the molecule is CN(c1ccccc1)c1ccc(N2C3CCCC2CCC3)cc1.